The second kappa shape index (κ2) is 24.5. The van der Waals surface area contributed by atoms with E-state index in [0.29, 0.717) is 50.8 Å². The Labute approximate surface area is 464 Å². The number of unbranched alkanes of at least 4 members (excludes halogenated alkanes) is 18. The molecule has 4 heterocycles. The van der Waals surface area contributed by atoms with Crippen LogP contribution >= 0.6 is 0 Å². The Morgan fingerprint density at radius 2 is 0.797 bits per heavy atom. The molecule has 10 rings (SSSR count). The molecule has 0 N–H and O–H groups in total. The lowest BCUT2D eigenvalue weighted by Gasteiger charge is -2.31. The van der Waals surface area contributed by atoms with Crippen LogP contribution in [0, 0.1) is 45.3 Å². The quantitative estimate of drug-likeness (QED) is 0.0459. The van der Waals surface area contributed by atoms with Gasteiger partial charge in [0.05, 0.1) is 87.0 Å². The maximum absolute atomic E-state index is 13.7. The fourth-order valence-corrected chi connectivity index (χ4v) is 15.2. The SMILES string of the molecule is CCCCCCCCCCCCN1C(=O)c2cc(C#N)c3c4c(c(C#N)cc(c24)C1=O)S(=O)(=O)c1ccccc1-3.CCCCCCCCCCCCN1C(=O)c2cc(C#N)c3c4c(c(C#N)cc(c24)C1=O)S(=O)c1ccccc1-3. The van der Waals surface area contributed by atoms with Gasteiger partial charge in [-0.05, 0) is 49.2 Å². The molecule has 0 aliphatic carbocycles. The van der Waals surface area contributed by atoms with Crippen LogP contribution in [0.1, 0.15) is 206 Å². The van der Waals surface area contributed by atoms with E-state index in [-0.39, 0.29) is 83.1 Å². The van der Waals surface area contributed by atoms with Gasteiger partial charge in [0.1, 0.15) is 12.1 Å². The Hall–Kier alpha value is -7.82. The molecule has 0 spiro atoms. The second-order valence-electron chi connectivity index (χ2n) is 20.9. The van der Waals surface area contributed by atoms with Crippen LogP contribution < -0.4 is 0 Å². The molecule has 4 aliphatic heterocycles. The molecule has 0 radical (unpaired) electrons. The number of carbonyl (C=O) groups excluding carboxylic acids is 4. The van der Waals surface area contributed by atoms with Crippen molar-refractivity contribution in [1.82, 2.24) is 9.80 Å². The highest BCUT2D eigenvalue weighted by molar-refractivity contribution is 7.92. The van der Waals surface area contributed by atoms with Crippen molar-refractivity contribution in [1.29, 1.82) is 21.0 Å². The first-order valence-corrected chi connectivity index (χ1v) is 30.6. The van der Waals surface area contributed by atoms with Gasteiger partial charge in [-0.1, -0.05) is 166 Å². The van der Waals surface area contributed by atoms with E-state index < -0.39 is 44.3 Å². The molecule has 4 aliphatic rings. The summed E-state index contributed by atoms with van der Waals surface area (Å²) in [7, 11) is -5.83. The van der Waals surface area contributed by atoms with Crippen LogP contribution in [-0.4, -0.2) is 59.1 Å². The molecular weight excluding hydrogens is 1030 g/mol. The second-order valence-corrected chi connectivity index (χ2v) is 24.1. The van der Waals surface area contributed by atoms with Gasteiger partial charge in [0.15, 0.2) is 0 Å². The summed E-state index contributed by atoms with van der Waals surface area (Å²) in [6.07, 6.45) is 22.6. The van der Waals surface area contributed by atoms with Crippen molar-refractivity contribution < 1.29 is 31.8 Å². The number of amides is 4. The Morgan fingerprint density at radius 3 is 1.25 bits per heavy atom. The Bertz CT molecular complexity index is 3770. The zero-order valence-electron chi connectivity index (χ0n) is 44.8. The van der Waals surface area contributed by atoms with E-state index in [0.717, 1.165) is 38.5 Å². The average molecular weight is 1090 g/mol. The van der Waals surface area contributed by atoms with Gasteiger partial charge in [-0.25, -0.2) is 12.6 Å². The summed E-state index contributed by atoms with van der Waals surface area (Å²) in [5.41, 5.74) is 2.95. The Balaban J connectivity index is 0.000000192. The van der Waals surface area contributed by atoms with E-state index in [4.69, 9.17) is 0 Å². The number of carbonyl (C=O) groups is 4. The topological polar surface area (TPSA) is 221 Å². The average Bonchev–Trinajstić information content (AvgIpc) is 2.80. The first kappa shape index (κ1) is 55.9. The lowest BCUT2D eigenvalue weighted by atomic mass is 9.84. The number of hydrogen-bond donors (Lipinski definition) is 0. The van der Waals surface area contributed by atoms with E-state index in [1.807, 2.05) is 6.07 Å². The summed E-state index contributed by atoms with van der Waals surface area (Å²) >= 11 is 0. The minimum atomic E-state index is -4.14. The van der Waals surface area contributed by atoms with Gasteiger partial charge < -0.3 is 0 Å². The van der Waals surface area contributed by atoms with E-state index >= 15 is 0 Å². The van der Waals surface area contributed by atoms with Crippen molar-refractivity contribution in [3.8, 4) is 46.5 Å². The Morgan fingerprint density at radius 1 is 0.430 bits per heavy atom. The maximum atomic E-state index is 13.7. The van der Waals surface area contributed by atoms with Crippen LogP contribution in [0.5, 0.6) is 0 Å². The van der Waals surface area contributed by atoms with Crippen molar-refractivity contribution >= 4 is 65.8 Å². The first-order valence-electron chi connectivity index (χ1n) is 27.9. The van der Waals surface area contributed by atoms with Gasteiger partial charge in [-0.15, -0.1) is 0 Å². The highest BCUT2D eigenvalue weighted by Gasteiger charge is 2.43. The summed E-state index contributed by atoms with van der Waals surface area (Å²) < 4.78 is 41.1. The fraction of sp³-hybridized carbons (Fsp3) is 0.375. The van der Waals surface area contributed by atoms with E-state index in [1.165, 1.54) is 111 Å². The largest absolute Gasteiger partial charge is 0.274 e. The molecule has 0 bridgehead atoms. The van der Waals surface area contributed by atoms with Crippen molar-refractivity contribution in [3.05, 3.63) is 117 Å². The molecule has 15 heteroatoms. The molecule has 6 aromatic rings. The zero-order valence-corrected chi connectivity index (χ0v) is 46.5. The van der Waals surface area contributed by atoms with Gasteiger partial charge in [0.25, 0.3) is 23.6 Å². The number of fused-ring (bicyclic) bond motifs is 4. The normalized spacial score (nSPS) is 14.9. The number of imide groups is 2. The summed E-state index contributed by atoms with van der Waals surface area (Å²) in [6, 6.07) is 27.6. The number of nitrogens with zero attached hydrogens (tertiary/aromatic N) is 6. The molecule has 1 atom stereocenters. The third-order valence-electron chi connectivity index (χ3n) is 15.8. The number of nitriles is 4. The Kier molecular flexibility index (Phi) is 17.3. The minimum Gasteiger partial charge on any atom is -0.274 e. The van der Waals surface area contributed by atoms with E-state index in [2.05, 4.69) is 32.1 Å². The fourth-order valence-electron chi connectivity index (χ4n) is 11.9. The van der Waals surface area contributed by atoms with Crippen LogP contribution in [0.25, 0.3) is 43.8 Å². The third-order valence-corrected chi connectivity index (χ3v) is 19.3. The summed E-state index contributed by atoms with van der Waals surface area (Å²) in [5, 5.41) is 41.2. The lowest BCUT2D eigenvalue weighted by molar-refractivity contribution is 0.0592. The van der Waals surface area contributed by atoms with Crippen LogP contribution in [0.2, 0.25) is 0 Å². The smallest absolute Gasteiger partial charge is 0.261 e. The van der Waals surface area contributed by atoms with Crippen LogP contribution in [0.15, 0.2) is 92.4 Å². The van der Waals surface area contributed by atoms with Crippen LogP contribution in [0.4, 0.5) is 0 Å². The molecule has 0 fully saturated rings. The zero-order chi connectivity index (χ0) is 56.0. The third kappa shape index (κ3) is 10.3. The molecule has 6 aromatic carbocycles. The monoisotopic (exact) mass is 1090 g/mol. The number of hydrogen-bond acceptors (Lipinski definition) is 11. The molecule has 0 saturated heterocycles. The predicted octanol–water partition coefficient (Wildman–Crippen LogP) is 14.2. The highest BCUT2D eigenvalue weighted by atomic mass is 32.2. The molecular formula is C64H62N6O7S2. The standard InChI is InChI=1S/C32H31N3O4S.C32H31N3O3S/c1-2-3-4-5-6-7-8-9-10-13-16-35-31(36)24-17-21(19-33)27-23-14-11-12-15-26(23)40(38,39)30-22(20-34)18-25(32(35)37)28(24)29(27)30;1-2-3-4-5-6-7-8-9-10-13-16-35-31(36)24-17-21(19-33)27-23-14-11-12-15-26(23)39(38)30-22(20-34)18-25(32(35)37)28(24)29(27)30/h11-12,14-15,17-18H,2-10,13,16H2,1H3;11-12,14-15,17-18H,2-10,13,16H2,1H3. The highest BCUT2D eigenvalue weighted by Crippen LogP contribution is 2.51. The molecule has 0 aromatic heterocycles. The minimum absolute atomic E-state index is 0.00500. The molecule has 79 heavy (non-hydrogen) atoms. The van der Waals surface area contributed by atoms with E-state index in [1.54, 1.807) is 48.5 Å². The molecule has 402 valence electrons. The number of benzene rings is 6. The van der Waals surface area contributed by atoms with Crippen LogP contribution in [0.3, 0.4) is 0 Å². The van der Waals surface area contributed by atoms with Gasteiger partial charge in [0, 0.05) is 56.9 Å². The van der Waals surface area contributed by atoms with Crippen molar-refractivity contribution in [3.63, 3.8) is 0 Å². The van der Waals surface area contributed by atoms with Crippen molar-refractivity contribution in [2.24, 2.45) is 0 Å². The van der Waals surface area contributed by atoms with Gasteiger partial charge >= 0.3 is 0 Å². The van der Waals surface area contributed by atoms with E-state index in [9.17, 15) is 52.9 Å². The number of sulfone groups is 1. The molecule has 1 unspecified atom stereocenters. The van der Waals surface area contributed by atoms with Gasteiger partial charge in [-0.2, -0.15) is 21.0 Å². The summed E-state index contributed by atoms with van der Waals surface area (Å²) in [5.74, 6) is -1.95. The molecule has 13 nitrogen and oxygen atoms in total. The van der Waals surface area contributed by atoms with Gasteiger partial charge in [0.2, 0.25) is 9.84 Å². The number of rotatable bonds is 22. The predicted molar refractivity (Wildman–Crippen MR) is 302 cm³/mol. The molecule has 0 saturated carbocycles. The van der Waals surface area contributed by atoms with Gasteiger partial charge in [-0.3, -0.25) is 29.0 Å². The lowest BCUT2D eigenvalue weighted by Crippen LogP contribution is -2.41. The van der Waals surface area contributed by atoms with Crippen LogP contribution in [-0.2, 0) is 20.6 Å². The summed E-state index contributed by atoms with van der Waals surface area (Å²) in [6.45, 7) is 4.94. The summed E-state index contributed by atoms with van der Waals surface area (Å²) in [4.78, 5) is 57.5. The molecule has 4 amide bonds. The maximum Gasteiger partial charge on any atom is 0.261 e. The van der Waals surface area contributed by atoms with Crippen molar-refractivity contribution in [2.45, 2.75) is 162 Å². The first-order chi connectivity index (χ1) is 38.4. The van der Waals surface area contributed by atoms with Crippen molar-refractivity contribution in [2.75, 3.05) is 13.1 Å².